The fourth-order valence-electron chi connectivity index (χ4n) is 1.14. The Bertz CT molecular complexity index is 301. The number of halogens is 1. The van der Waals surface area contributed by atoms with Crippen LogP contribution in [0.4, 0.5) is 5.69 Å². The maximum atomic E-state index is 5.17. The Kier molecular flexibility index (Phi) is 4.42. The number of ether oxygens (including phenoxy) is 1. The largest absolute Gasteiger partial charge is 0.382 e. The monoisotopic (exact) mass is 257 g/mol. The summed E-state index contributed by atoms with van der Waals surface area (Å²) in [5.41, 5.74) is 2.39. The topological polar surface area (TPSA) is 21.3 Å². The quantitative estimate of drug-likeness (QED) is 0.895. The molecule has 0 fully saturated rings. The van der Waals surface area contributed by atoms with Crippen molar-refractivity contribution in [2.24, 2.45) is 0 Å². The highest BCUT2D eigenvalue weighted by atomic mass is 79.9. The van der Waals surface area contributed by atoms with Crippen LogP contribution in [0, 0.1) is 6.92 Å². The zero-order valence-corrected chi connectivity index (χ0v) is 10.4. The average molecular weight is 258 g/mol. The van der Waals surface area contributed by atoms with Gasteiger partial charge in [0, 0.05) is 23.8 Å². The maximum Gasteiger partial charge on any atom is 0.0715 e. The van der Waals surface area contributed by atoms with Crippen molar-refractivity contribution in [1.29, 1.82) is 0 Å². The maximum absolute atomic E-state index is 5.17. The molecular formula is C11H16BrNO. The number of methoxy groups -OCH3 is 1. The lowest BCUT2D eigenvalue weighted by Gasteiger charge is -2.14. The number of benzene rings is 1. The second-order valence-electron chi connectivity index (χ2n) is 3.34. The van der Waals surface area contributed by atoms with Crippen molar-refractivity contribution in [3.05, 3.63) is 28.2 Å². The lowest BCUT2D eigenvalue weighted by molar-refractivity contribution is 0.129. The first kappa shape index (κ1) is 11.5. The molecule has 0 aromatic heterocycles. The van der Waals surface area contributed by atoms with E-state index in [1.54, 1.807) is 7.11 Å². The SMILES string of the molecule is COC(C)CNc1cccc(Br)c1C. The van der Waals surface area contributed by atoms with Crippen LogP contribution in [0.1, 0.15) is 12.5 Å². The highest BCUT2D eigenvalue weighted by Crippen LogP contribution is 2.23. The minimum atomic E-state index is 0.230. The first-order valence-electron chi connectivity index (χ1n) is 4.67. The molecule has 3 heteroatoms. The molecule has 1 N–H and O–H groups in total. The molecule has 1 atom stereocenters. The molecule has 0 heterocycles. The van der Waals surface area contributed by atoms with E-state index >= 15 is 0 Å². The number of rotatable bonds is 4. The molecule has 0 aliphatic carbocycles. The van der Waals surface area contributed by atoms with E-state index in [9.17, 15) is 0 Å². The van der Waals surface area contributed by atoms with Crippen LogP contribution in [-0.4, -0.2) is 19.8 Å². The van der Waals surface area contributed by atoms with Crippen LogP contribution in [0.15, 0.2) is 22.7 Å². The van der Waals surface area contributed by atoms with Gasteiger partial charge in [-0.05, 0) is 31.5 Å². The molecule has 1 unspecified atom stereocenters. The van der Waals surface area contributed by atoms with Gasteiger partial charge in [0.1, 0.15) is 0 Å². The van der Waals surface area contributed by atoms with Gasteiger partial charge in [0.15, 0.2) is 0 Å². The Morgan fingerprint density at radius 3 is 2.86 bits per heavy atom. The van der Waals surface area contributed by atoms with Crippen molar-refractivity contribution in [3.63, 3.8) is 0 Å². The molecule has 0 saturated carbocycles. The van der Waals surface area contributed by atoms with Gasteiger partial charge in [-0.3, -0.25) is 0 Å². The molecular weight excluding hydrogens is 242 g/mol. The highest BCUT2D eigenvalue weighted by Gasteiger charge is 2.03. The molecule has 0 aliphatic heterocycles. The third-order valence-electron chi connectivity index (χ3n) is 2.25. The van der Waals surface area contributed by atoms with E-state index in [2.05, 4.69) is 34.2 Å². The van der Waals surface area contributed by atoms with Gasteiger partial charge in [-0.25, -0.2) is 0 Å². The normalized spacial score (nSPS) is 12.6. The van der Waals surface area contributed by atoms with Crippen molar-refractivity contribution in [2.75, 3.05) is 19.0 Å². The number of nitrogens with one attached hydrogen (secondary N) is 1. The van der Waals surface area contributed by atoms with Crippen LogP contribution in [0.5, 0.6) is 0 Å². The Hall–Kier alpha value is -0.540. The second-order valence-corrected chi connectivity index (χ2v) is 4.19. The highest BCUT2D eigenvalue weighted by molar-refractivity contribution is 9.10. The molecule has 0 amide bonds. The summed E-state index contributed by atoms with van der Waals surface area (Å²) in [7, 11) is 1.72. The molecule has 1 aromatic carbocycles. The molecule has 0 saturated heterocycles. The van der Waals surface area contributed by atoms with Gasteiger partial charge < -0.3 is 10.1 Å². The Labute approximate surface area is 93.8 Å². The van der Waals surface area contributed by atoms with Crippen molar-refractivity contribution in [1.82, 2.24) is 0 Å². The van der Waals surface area contributed by atoms with Gasteiger partial charge in [-0.2, -0.15) is 0 Å². The number of anilines is 1. The van der Waals surface area contributed by atoms with Crippen LogP contribution in [-0.2, 0) is 4.74 Å². The summed E-state index contributed by atoms with van der Waals surface area (Å²) in [4.78, 5) is 0. The first-order chi connectivity index (χ1) is 6.65. The van der Waals surface area contributed by atoms with E-state index in [0.717, 1.165) is 16.7 Å². The van der Waals surface area contributed by atoms with Crippen molar-refractivity contribution in [2.45, 2.75) is 20.0 Å². The molecule has 0 bridgehead atoms. The average Bonchev–Trinajstić information content (AvgIpc) is 2.20. The van der Waals surface area contributed by atoms with Gasteiger partial charge in [0.2, 0.25) is 0 Å². The van der Waals surface area contributed by atoms with Crippen LogP contribution >= 0.6 is 15.9 Å². The standard InChI is InChI=1S/C11H16BrNO/c1-8(14-3)7-13-11-6-4-5-10(12)9(11)2/h4-6,8,13H,7H2,1-3H3. The predicted molar refractivity (Wildman–Crippen MR) is 63.8 cm³/mol. The van der Waals surface area contributed by atoms with E-state index in [1.807, 2.05) is 19.1 Å². The first-order valence-corrected chi connectivity index (χ1v) is 5.46. The number of hydrogen-bond donors (Lipinski definition) is 1. The van der Waals surface area contributed by atoms with Crippen molar-refractivity contribution >= 4 is 21.6 Å². The van der Waals surface area contributed by atoms with E-state index in [4.69, 9.17) is 4.74 Å². The molecule has 1 aromatic rings. The van der Waals surface area contributed by atoms with Crippen LogP contribution in [0.2, 0.25) is 0 Å². The fourth-order valence-corrected chi connectivity index (χ4v) is 1.50. The van der Waals surface area contributed by atoms with E-state index in [0.29, 0.717) is 0 Å². The predicted octanol–water partition coefficient (Wildman–Crippen LogP) is 3.20. The third kappa shape index (κ3) is 3.00. The lowest BCUT2D eigenvalue weighted by atomic mass is 10.2. The molecule has 1 rings (SSSR count). The van der Waals surface area contributed by atoms with Crippen molar-refractivity contribution in [3.8, 4) is 0 Å². The van der Waals surface area contributed by atoms with Gasteiger partial charge in [-0.15, -0.1) is 0 Å². The summed E-state index contributed by atoms with van der Waals surface area (Å²) in [5.74, 6) is 0. The lowest BCUT2D eigenvalue weighted by Crippen LogP contribution is -2.18. The summed E-state index contributed by atoms with van der Waals surface area (Å²) < 4.78 is 6.30. The Morgan fingerprint density at radius 1 is 1.50 bits per heavy atom. The summed E-state index contributed by atoms with van der Waals surface area (Å²) in [6, 6.07) is 6.14. The van der Waals surface area contributed by atoms with Gasteiger partial charge >= 0.3 is 0 Å². The number of hydrogen-bond acceptors (Lipinski definition) is 2. The zero-order valence-electron chi connectivity index (χ0n) is 8.80. The molecule has 0 aliphatic rings. The summed E-state index contributed by atoms with van der Waals surface area (Å²) in [6.07, 6.45) is 0.230. The van der Waals surface area contributed by atoms with E-state index in [-0.39, 0.29) is 6.10 Å². The smallest absolute Gasteiger partial charge is 0.0715 e. The minimum absolute atomic E-state index is 0.230. The van der Waals surface area contributed by atoms with Crippen LogP contribution in [0.3, 0.4) is 0 Å². The molecule has 2 nitrogen and oxygen atoms in total. The molecule has 0 spiro atoms. The van der Waals surface area contributed by atoms with Gasteiger partial charge in [0.25, 0.3) is 0 Å². The van der Waals surface area contributed by atoms with E-state index < -0.39 is 0 Å². The van der Waals surface area contributed by atoms with Crippen LogP contribution < -0.4 is 5.32 Å². The minimum Gasteiger partial charge on any atom is -0.382 e. The second kappa shape index (κ2) is 5.37. The third-order valence-corrected chi connectivity index (χ3v) is 3.11. The molecule has 14 heavy (non-hydrogen) atoms. The Balaban J connectivity index is 2.63. The summed E-state index contributed by atoms with van der Waals surface area (Å²) in [6.45, 7) is 4.96. The summed E-state index contributed by atoms with van der Waals surface area (Å²) >= 11 is 3.50. The fraction of sp³-hybridized carbons (Fsp3) is 0.455. The van der Waals surface area contributed by atoms with Gasteiger partial charge in [-0.1, -0.05) is 22.0 Å². The van der Waals surface area contributed by atoms with Crippen LogP contribution in [0.25, 0.3) is 0 Å². The van der Waals surface area contributed by atoms with Crippen molar-refractivity contribution < 1.29 is 4.74 Å². The van der Waals surface area contributed by atoms with E-state index in [1.165, 1.54) is 5.56 Å². The van der Waals surface area contributed by atoms with Gasteiger partial charge in [0.05, 0.1) is 6.10 Å². The zero-order chi connectivity index (χ0) is 10.6. The molecule has 78 valence electrons. The Morgan fingerprint density at radius 2 is 2.21 bits per heavy atom. The summed E-state index contributed by atoms with van der Waals surface area (Å²) in [5, 5.41) is 3.35. The molecule has 0 radical (unpaired) electrons.